The van der Waals surface area contributed by atoms with E-state index in [0.717, 1.165) is 5.56 Å². The molecule has 2 rings (SSSR count). The highest BCUT2D eigenvalue weighted by atomic mass is 127. The van der Waals surface area contributed by atoms with E-state index in [1.54, 1.807) is 18.5 Å². The van der Waals surface area contributed by atoms with E-state index in [9.17, 15) is 5.11 Å². The topological polar surface area (TPSA) is 66.7 Å². The van der Waals surface area contributed by atoms with Crippen molar-refractivity contribution in [3.63, 3.8) is 0 Å². The second-order valence-electron chi connectivity index (χ2n) is 3.64. The molecule has 5 nitrogen and oxygen atoms in total. The lowest BCUT2D eigenvalue weighted by molar-refractivity contribution is 0.371. The van der Waals surface area contributed by atoms with Crippen molar-refractivity contribution in [2.24, 2.45) is 5.10 Å². The van der Waals surface area contributed by atoms with Gasteiger partial charge in [0.05, 0.1) is 16.9 Å². The summed E-state index contributed by atoms with van der Waals surface area (Å²) in [5.74, 6) is 1.23. The zero-order chi connectivity index (χ0) is 13.7. The Balaban J connectivity index is 2.13. The van der Waals surface area contributed by atoms with Crippen molar-refractivity contribution in [2.45, 2.75) is 0 Å². The molecule has 0 aliphatic rings. The zero-order valence-electron chi connectivity index (χ0n) is 10.2. The fraction of sp³-hybridized carbons (Fsp3) is 0.0769. The Hall–Kier alpha value is -1.83. The number of hydrazone groups is 1. The van der Waals surface area contributed by atoms with Gasteiger partial charge >= 0.3 is 0 Å². The van der Waals surface area contributed by atoms with Crippen molar-refractivity contribution in [1.82, 2.24) is 4.98 Å². The number of anilines is 1. The van der Waals surface area contributed by atoms with Gasteiger partial charge in [0.2, 0.25) is 0 Å². The number of halogens is 1. The monoisotopic (exact) mass is 369 g/mol. The van der Waals surface area contributed by atoms with Gasteiger partial charge in [0.25, 0.3) is 0 Å². The van der Waals surface area contributed by atoms with Crippen LogP contribution in [0.25, 0.3) is 0 Å². The Kier molecular flexibility index (Phi) is 4.56. The number of phenols is 1. The second-order valence-corrected chi connectivity index (χ2v) is 4.80. The molecule has 1 aromatic heterocycles. The molecule has 0 bridgehead atoms. The standard InChI is InChI=1S/C13H12IN3O2/c1-19-11-7-9(6-10(14)13(11)18)8-16-17-12-4-2-3-5-15-12/h2-8,18H,1H3,(H,15,17)/b16-8+. The van der Waals surface area contributed by atoms with Crippen LogP contribution in [0.1, 0.15) is 5.56 Å². The van der Waals surface area contributed by atoms with Crippen LogP contribution >= 0.6 is 22.6 Å². The number of methoxy groups -OCH3 is 1. The molecule has 0 atom stereocenters. The molecule has 6 heteroatoms. The van der Waals surface area contributed by atoms with E-state index < -0.39 is 0 Å². The number of pyridine rings is 1. The molecule has 0 saturated heterocycles. The Bertz CT molecular complexity index is 588. The van der Waals surface area contributed by atoms with Crippen molar-refractivity contribution < 1.29 is 9.84 Å². The number of nitrogens with one attached hydrogen (secondary N) is 1. The van der Waals surface area contributed by atoms with E-state index in [1.807, 2.05) is 46.9 Å². The Morgan fingerprint density at radius 3 is 2.95 bits per heavy atom. The summed E-state index contributed by atoms with van der Waals surface area (Å²) in [5, 5.41) is 13.8. The summed E-state index contributed by atoms with van der Waals surface area (Å²) in [6, 6.07) is 9.04. The molecule has 1 aromatic carbocycles. The summed E-state index contributed by atoms with van der Waals surface area (Å²) < 4.78 is 5.79. The Labute approximate surface area is 124 Å². The summed E-state index contributed by atoms with van der Waals surface area (Å²) >= 11 is 2.04. The largest absolute Gasteiger partial charge is 0.504 e. The molecule has 0 amide bonds. The van der Waals surface area contributed by atoms with Crippen molar-refractivity contribution >= 4 is 34.6 Å². The van der Waals surface area contributed by atoms with Crippen LogP contribution in [0, 0.1) is 3.57 Å². The third-order valence-electron chi connectivity index (χ3n) is 2.33. The number of benzene rings is 1. The predicted molar refractivity (Wildman–Crippen MR) is 82.8 cm³/mol. The molecule has 0 spiro atoms. The van der Waals surface area contributed by atoms with Crippen LogP contribution < -0.4 is 10.2 Å². The highest BCUT2D eigenvalue weighted by Crippen LogP contribution is 2.31. The number of hydrogen-bond donors (Lipinski definition) is 2. The molecule has 98 valence electrons. The maximum Gasteiger partial charge on any atom is 0.171 e. The molecule has 2 aromatic rings. The van der Waals surface area contributed by atoms with Crippen LogP contribution in [-0.4, -0.2) is 23.4 Å². The number of nitrogens with zero attached hydrogens (tertiary/aromatic N) is 2. The molecule has 0 radical (unpaired) electrons. The van der Waals surface area contributed by atoms with Crippen LogP contribution in [0.15, 0.2) is 41.6 Å². The highest BCUT2D eigenvalue weighted by molar-refractivity contribution is 14.1. The average molecular weight is 369 g/mol. The number of ether oxygens (including phenoxy) is 1. The first-order valence-electron chi connectivity index (χ1n) is 5.47. The number of aromatic hydroxyl groups is 1. The third-order valence-corrected chi connectivity index (χ3v) is 3.15. The fourth-order valence-electron chi connectivity index (χ4n) is 1.43. The molecule has 1 heterocycles. The number of hydrogen-bond acceptors (Lipinski definition) is 5. The molecule has 0 saturated carbocycles. The minimum atomic E-state index is 0.137. The maximum atomic E-state index is 9.72. The van der Waals surface area contributed by atoms with E-state index in [1.165, 1.54) is 7.11 Å². The van der Waals surface area contributed by atoms with Crippen LogP contribution in [0.5, 0.6) is 11.5 Å². The number of aromatic nitrogens is 1. The van der Waals surface area contributed by atoms with E-state index in [4.69, 9.17) is 4.74 Å². The summed E-state index contributed by atoms with van der Waals surface area (Å²) in [7, 11) is 1.51. The van der Waals surface area contributed by atoms with Gasteiger partial charge in [-0.2, -0.15) is 5.10 Å². The molecule has 0 unspecified atom stereocenters. The highest BCUT2D eigenvalue weighted by Gasteiger charge is 2.07. The van der Waals surface area contributed by atoms with Gasteiger partial charge in [-0.1, -0.05) is 6.07 Å². The summed E-state index contributed by atoms with van der Waals surface area (Å²) in [6.45, 7) is 0. The van der Waals surface area contributed by atoms with E-state index in [2.05, 4.69) is 15.5 Å². The minimum absolute atomic E-state index is 0.137. The summed E-state index contributed by atoms with van der Waals surface area (Å²) in [6.07, 6.45) is 3.32. The summed E-state index contributed by atoms with van der Waals surface area (Å²) in [5.41, 5.74) is 3.64. The van der Waals surface area contributed by atoms with Gasteiger partial charge in [0.15, 0.2) is 11.5 Å². The van der Waals surface area contributed by atoms with Gasteiger partial charge in [-0.15, -0.1) is 0 Å². The first-order chi connectivity index (χ1) is 9.20. The van der Waals surface area contributed by atoms with Gasteiger partial charge in [-0.25, -0.2) is 4.98 Å². The number of phenolic OH excluding ortho intramolecular Hbond substituents is 1. The Morgan fingerprint density at radius 1 is 1.42 bits per heavy atom. The van der Waals surface area contributed by atoms with Crippen molar-refractivity contribution in [3.05, 3.63) is 45.7 Å². The van der Waals surface area contributed by atoms with E-state index >= 15 is 0 Å². The van der Waals surface area contributed by atoms with Crippen LogP contribution in [0.3, 0.4) is 0 Å². The van der Waals surface area contributed by atoms with Gasteiger partial charge in [0.1, 0.15) is 5.82 Å². The normalized spacial score (nSPS) is 10.6. The van der Waals surface area contributed by atoms with Gasteiger partial charge in [0, 0.05) is 6.20 Å². The molecular weight excluding hydrogens is 357 g/mol. The number of rotatable bonds is 4. The molecular formula is C13H12IN3O2. The zero-order valence-corrected chi connectivity index (χ0v) is 12.3. The lowest BCUT2D eigenvalue weighted by Crippen LogP contribution is -1.94. The van der Waals surface area contributed by atoms with Crippen LogP contribution in [0.2, 0.25) is 0 Å². The van der Waals surface area contributed by atoms with Crippen molar-refractivity contribution in [2.75, 3.05) is 12.5 Å². The molecule has 2 N–H and O–H groups in total. The second kappa shape index (κ2) is 6.37. The molecule has 0 aliphatic heterocycles. The van der Waals surface area contributed by atoms with Gasteiger partial charge in [-0.3, -0.25) is 5.43 Å². The van der Waals surface area contributed by atoms with Gasteiger partial charge in [-0.05, 0) is 52.4 Å². The first kappa shape index (κ1) is 13.6. The molecule has 0 fully saturated rings. The molecule has 0 aliphatic carbocycles. The Morgan fingerprint density at radius 2 is 2.26 bits per heavy atom. The van der Waals surface area contributed by atoms with Crippen LogP contribution in [0.4, 0.5) is 5.82 Å². The smallest absolute Gasteiger partial charge is 0.171 e. The molecule has 19 heavy (non-hydrogen) atoms. The van der Waals surface area contributed by atoms with Crippen LogP contribution in [-0.2, 0) is 0 Å². The lowest BCUT2D eigenvalue weighted by Gasteiger charge is -2.06. The lowest BCUT2D eigenvalue weighted by atomic mass is 10.2. The minimum Gasteiger partial charge on any atom is -0.504 e. The van der Waals surface area contributed by atoms with Gasteiger partial charge < -0.3 is 9.84 Å². The predicted octanol–water partition coefficient (Wildman–Crippen LogP) is 2.85. The quantitative estimate of drug-likeness (QED) is 0.494. The third kappa shape index (κ3) is 3.57. The SMILES string of the molecule is COc1cc(/C=N/Nc2ccccn2)cc(I)c1O. The van der Waals surface area contributed by atoms with E-state index in [-0.39, 0.29) is 5.75 Å². The first-order valence-corrected chi connectivity index (χ1v) is 6.55. The van der Waals surface area contributed by atoms with E-state index in [0.29, 0.717) is 15.1 Å². The summed E-state index contributed by atoms with van der Waals surface area (Å²) in [4.78, 5) is 4.08. The van der Waals surface area contributed by atoms with Crippen molar-refractivity contribution in [3.8, 4) is 11.5 Å². The maximum absolute atomic E-state index is 9.72. The average Bonchev–Trinajstić information content (AvgIpc) is 2.43. The fourth-order valence-corrected chi connectivity index (χ4v) is 2.05. The van der Waals surface area contributed by atoms with Crippen molar-refractivity contribution in [1.29, 1.82) is 0 Å².